The number of nitrogens with zero attached hydrogens (tertiary/aromatic N) is 2. The van der Waals surface area contributed by atoms with Crippen molar-refractivity contribution in [3.8, 4) is 11.6 Å². The minimum Gasteiger partial charge on any atom is -0.494 e. The fraction of sp³-hybridized carbons (Fsp3) is 0.0833. The lowest BCUT2D eigenvalue weighted by Gasteiger charge is -2.15. The number of aliphatic imine (C=N–C) groups is 1. The molecule has 1 heterocycles. The van der Waals surface area contributed by atoms with Crippen molar-refractivity contribution in [2.24, 2.45) is 4.99 Å². The Hall–Kier alpha value is -3.87. The van der Waals surface area contributed by atoms with Crippen molar-refractivity contribution < 1.29 is 18.3 Å². The van der Waals surface area contributed by atoms with Crippen molar-refractivity contribution in [3.63, 3.8) is 0 Å². The Morgan fingerprint density at radius 2 is 1.61 bits per heavy atom. The van der Waals surface area contributed by atoms with Crippen LogP contribution in [0.5, 0.6) is 5.88 Å². The van der Waals surface area contributed by atoms with E-state index in [1.165, 1.54) is 18.3 Å². The number of hydrogen-bond donors (Lipinski definition) is 1. The van der Waals surface area contributed by atoms with E-state index in [4.69, 9.17) is 0 Å². The lowest BCUT2D eigenvalue weighted by atomic mass is 10.1. The van der Waals surface area contributed by atoms with Crippen LogP contribution in [0.3, 0.4) is 0 Å². The number of benzene rings is 3. The SMILES string of the molecule is Cc1ccccc1N=Cc1c(O)n(-c2cccc(C(F)(F)F)c2)c(=O)c2ccccc12. The number of fused-ring (bicyclic) bond motifs is 1. The molecule has 0 aliphatic carbocycles. The van der Waals surface area contributed by atoms with Crippen LogP contribution >= 0.6 is 0 Å². The Morgan fingerprint density at radius 3 is 2.32 bits per heavy atom. The van der Waals surface area contributed by atoms with E-state index >= 15 is 0 Å². The Kier molecular flexibility index (Phi) is 5.10. The van der Waals surface area contributed by atoms with Crippen molar-refractivity contribution >= 4 is 22.7 Å². The molecule has 0 fully saturated rings. The molecule has 0 amide bonds. The summed E-state index contributed by atoms with van der Waals surface area (Å²) in [5, 5.41) is 11.7. The number of aryl methyl sites for hydroxylation is 1. The molecule has 0 saturated carbocycles. The molecule has 0 bridgehead atoms. The average molecular weight is 422 g/mol. The van der Waals surface area contributed by atoms with Gasteiger partial charge in [-0.1, -0.05) is 42.5 Å². The van der Waals surface area contributed by atoms with E-state index in [0.717, 1.165) is 22.3 Å². The fourth-order valence-electron chi connectivity index (χ4n) is 3.39. The molecule has 1 N–H and O–H groups in total. The largest absolute Gasteiger partial charge is 0.494 e. The maximum atomic E-state index is 13.2. The molecule has 4 nitrogen and oxygen atoms in total. The van der Waals surface area contributed by atoms with Gasteiger partial charge in [0.25, 0.3) is 5.56 Å². The number of pyridine rings is 1. The van der Waals surface area contributed by atoms with Crippen LogP contribution in [-0.2, 0) is 6.18 Å². The van der Waals surface area contributed by atoms with Gasteiger partial charge in [0.1, 0.15) is 0 Å². The molecule has 4 aromatic rings. The summed E-state index contributed by atoms with van der Waals surface area (Å²) >= 11 is 0. The van der Waals surface area contributed by atoms with Gasteiger partial charge in [-0.2, -0.15) is 13.2 Å². The van der Waals surface area contributed by atoms with Gasteiger partial charge in [-0.3, -0.25) is 9.79 Å². The molecule has 0 aliphatic rings. The molecule has 156 valence electrons. The third-order valence-electron chi connectivity index (χ3n) is 4.98. The highest BCUT2D eigenvalue weighted by atomic mass is 19.4. The molecule has 7 heteroatoms. The molecule has 1 aromatic heterocycles. The zero-order valence-electron chi connectivity index (χ0n) is 16.4. The zero-order chi connectivity index (χ0) is 22.2. The van der Waals surface area contributed by atoms with Crippen molar-refractivity contribution in [2.45, 2.75) is 13.1 Å². The predicted octanol–water partition coefficient (Wildman–Crippen LogP) is 5.77. The normalized spacial score (nSPS) is 12.0. The molecule has 4 rings (SSSR count). The predicted molar refractivity (Wildman–Crippen MR) is 115 cm³/mol. The van der Waals surface area contributed by atoms with Crippen molar-refractivity contribution in [1.82, 2.24) is 4.57 Å². The Morgan fingerprint density at radius 1 is 0.935 bits per heavy atom. The summed E-state index contributed by atoms with van der Waals surface area (Å²) in [7, 11) is 0. The summed E-state index contributed by atoms with van der Waals surface area (Å²) in [6.07, 6.45) is -3.16. The van der Waals surface area contributed by atoms with Crippen LogP contribution in [0.1, 0.15) is 16.7 Å². The van der Waals surface area contributed by atoms with E-state index in [-0.39, 0.29) is 16.6 Å². The molecule has 0 aliphatic heterocycles. The van der Waals surface area contributed by atoms with E-state index < -0.39 is 23.2 Å². The summed E-state index contributed by atoms with van der Waals surface area (Å²) in [5.41, 5.74) is 0.182. The number of para-hydroxylation sites is 1. The third-order valence-corrected chi connectivity index (χ3v) is 4.98. The van der Waals surface area contributed by atoms with Gasteiger partial charge in [-0.05, 0) is 42.8 Å². The number of hydrogen-bond acceptors (Lipinski definition) is 3. The second kappa shape index (κ2) is 7.75. The lowest BCUT2D eigenvalue weighted by molar-refractivity contribution is -0.137. The quantitative estimate of drug-likeness (QED) is 0.426. The van der Waals surface area contributed by atoms with Gasteiger partial charge in [-0.15, -0.1) is 0 Å². The maximum Gasteiger partial charge on any atom is 0.416 e. The van der Waals surface area contributed by atoms with Crippen LogP contribution < -0.4 is 5.56 Å². The molecule has 0 atom stereocenters. The fourth-order valence-corrected chi connectivity index (χ4v) is 3.39. The monoisotopic (exact) mass is 422 g/mol. The van der Waals surface area contributed by atoms with Crippen molar-refractivity contribution in [2.75, 3.05) is 0 Å². The first-order valence-electron chi connectivity index (χ1n) is 9.41. The first kappa shape index (κ1) is 20.4. The highest BCUT2D eigenvalue weighted by Gasteiger charge is 2.31. The molecule has 31 heavy (non-hydrogen) atoms. The van der Waals surface area contributed by atoms with Crippen LogP contribution in [0.15, 0.2) is 82.6 Å². The molecule has 0 unspecified atom stereocenters. The lowest BCUT2D eigenvalue weighted by Crippen LogP contribution is -2.20. The minimum atomic E-state index is -4.58. The molecular formula is C24H17F3N2O2. The van der Waals surface area contributed by atoms with E-state index in [1.54, 1.807) is 30.3 Å². The molecular weight excluding hydrogens is 405 g/mol. The Labute approximate surface area is 175 Å². The highest BCUT2D eigenvalue weighted by Crippen LogP contribution is 2.32. The summed E-state index contributed by atoms with van der Waals surface area (Å²) in [4.78, 5) is 17.5. The van der Waals surface area contributed by atoms with Gasteiger partial charge in [0.05, 0.1) is 22.5 Å². The van der Waals surface area contributed by atoms with Crippen LogP contribution in [-0.4, -0.2) is 15.9 Å². The maximum absolute atomic E-state index is 13.2. The number of aromatic hydroxyl groups is 1. The number of aromatic nitrogens is 1. The van der Waals surface area contributed by atoms with E-state index in [2.05, 4.69) is 4.99 Å². The number of alkyl halides is 3. The van der Waals surface area contributed by atoms with Crippen molar-refractivity contribution in [1.29, 1.82) is 0 Å². The molecule has 0 radical (unpaired) electrons. The van der Waals surface area contributed by atoms with Gasteiger partial charge in [0, 0.05) is 17.0 Å². The highest BCUT2D eigenvalue weighted by molar-refractivity contribution is 6.02. The second-order valence-electron chi connectivity index (χ2n) is 7.02. The molecule has 0 saturated heterocycles. The van der Waals surface area contributed by atoms with Crippen LogP contribution in [0.4, 0.5) is 18.9 Å². The molecule has 3 aromatic carbocycles. The summed E-state index contributed by atoms with van der Waals surface area (Å²) in [6.45, 7) is 1.88. The van der Waals surface area contributed by atoms with Crippen LogP contribution in [0.2, 0.25) is 0 Å². The topological polar surface area (TPSA) is 54.6 Å². The van der Waals surface area contributed by atoms with Gasteiger partial charge in [0.15, 0.2) is 0 Å². The number of rotatable bonds is 3. The van der Waals surface area contributed by atoms with Gasteiger partial charge >= 0.3 is 6.18 Å². The van der Waals surface area contributed by atoms with Gasteiger partial charge in [-0.25, -0.2) is 4.57 Å². The van der Waals surface area contributed by atoms with E-state index in [9.17, 15) is 23.1 Å². The smallest absolute Gasteiger partial charge is 0.416 e. The second-order valence-corrected chi connectivity index (χ2v) is 7.02. The van der Waals surface area contributed by atoms with Gasteiger partial charge < -0.3 is 5.11 Å². The zero-order valence-corrected chi connectivity index (χ0v) is 16.4. The standard InChI is InChI=1S/C24H17F3N2O2/c1-15-7-2-5-12-21(15)28-14-20-18-10-3-4-11-19(18)22(30)29(23(20)31)17-9-6-8-16(13-17)24(25,26)27/h2-14,31H,1H3. The minimum absolute atomic E-state index is 0.0892. The van der Waals surface area contributed by atoms with Crippen LogP contribution in [0, 0.1) is 6.92 Å². The number of halogens is 3. The molecule has 0 spiro atoms. The van der Waals surface area contributed by atoms with E-state index in [0.29, 0.717) is 11.1 Å². The summed E-state index contributed by atoms with van der Waals surface area (Å²) in [6, 6.07) is 18.2. The van der Waals surface area contributed by atoms with E-state index in [1.807, 2.05) is 25.1 Å². The Balaban J connectivity index is 1.99. The third kappa shape index (κ3) is 3.82. The van der Waals surface area contributed by atoms with Crippen LogP contribution in [0.25, 0.3) is 16.5 Å². The first-order valence-corrected chi connectivity index (χ1v) is 9.41. The summed E-state index contributed by atoms with van der Waals surface area (Å²) < 4.78 is 40.4. The van der Waals surface area contributed by atoms with Gasteiger partial charge in [0.2, 0.25) is 5.88 Å². The first-order chi connectivity index (χ1) is 14.8. The van der Waals surface area contributed by atoms with Crippen molar-refractivity contribution in [3.05, 3.63) is 99.8 Å². The summed E-state index contributed by atoms with van der Waals surface area (Å²) in [5.74, 6) is -0.486. The average Bonchev–Trinajstić information content (AvgIpc) is 2.74. The Bertz CT molecular complexity index is 1370.